The van der Waals surface area contributed by atoms with Gasteiger partial charge in [0, 0.05) is 49.6 Å². The summed E-state index contributed by atoms with van der Waals surface area (Å²) < 4.78 is 16.2. The Hall–Kier alpha value is -5.12. The van der Waals surface area contributed by atoms with Crippen LogP contribution in [0.25, 0.3) is 10.9 Å². The number of hydrogen-bond acceptors (Lipinski definition) is 11. The van der Waals surface area contributed by atoms with Crippen molar-refractivity contribution in [3.8, 4) is 5.75 Å². The van der Waals surface area contributed by atoms with Crippen LogP contribution in [0.1, 0.15) is 30.3 Å². The van der Waals surface area contributed by atoms with Crippen LogP contribution < -0.4 is 15.5 Å². The average molecular weight is 641 g/mol. The summed E-state index contributed by atoms with van der Waals surface area (Å²) in [5, 5.41) is 12.5. The number of likely N-dealkylation sites (tertiary alicyclic amines) is 1. The van der Waals surface area contributed by atoms with Crippen molar-refractivity contribution in [1.82, 2.24) is 30.5 Å². The number of carboxylic acids is 1. The van der Waals surface area contributed by atoms with Gasteiger partial charge in [-0.15, -0.1) is 0 Å². The first-order valence-corrected chi connectivity index (χ1v) is 14.9. The van der Waals surface area contributed by atoms with Gasteiger partial charge in [0.05, 0.1) is 32.3 Å². The van der Waals surface area contributed by atoms with Gasteiger partial charge in [0.1, 0.15) is 23.6 Å². The molecule has 3 aliphatic rings. The maximum Gasteiger partial charge on any atom is 0.409 e. The molecule has 3 N–H and O–H groups in total. The Balaban J connectivity index is 1.28. The predicted octanol–water partition coefficient (Wildman–Crippen LogP) is 0.481. The van der Waals surface area contributed by atoms with E-state index in [9.17, 15) is 29.1 Å². The number of hydroxylamine groups is 1. The van der Waals surface area contributed by atoms with Crippen LogP contribution in [-0.2, 0) is 28.7 Å². The van der Waals surface area contributed by atoms with Crippen molar-refractivity contribution in [3.05, 3.63) is 47.5 Å². The summed E-state index contributed by atoms with van der Waals surface area (Å²) in [4.78, 5) is 77.8. The molecule has 16 nitrogen and oxygen atoms in total. The molecule has 0 bridgehead atoms. The Morgan fingerprint density at radius 2 is 1.85 bits per heavy atom. The van der Waals surface area contributed by atoms with Crippen LogP contribution in [-0.4, -0.2) is 126 Å². The molecular weight excluding hydrogens is 604 g/mol. The molecule has 2 fully saturated rings. The van der Waals surface area contributed by atoms with Gasteiger partial charge in [0.25, 0.3) is 11.8 Å². The highest BCUT2D eigenvalue weighted by Crippen LogP contribution is 2.28. The lowest BCUT2D eigenvalue weighted by Gasteiger charge is -2.35. The minimum atomic E-state index is -1.16. The zero-order chi connectivity index (χ0) is 32.8. The SMILES string of the molecule is CCOC(=O)N1CCN(C(=O)C(CCC(=O)O)NC(=O)c2cc(OCC(=O)N3CC4=C(OC)NO[C@@H]4C3)c3ccccc3n2)CC1. The van der Waals surface area contributed by atoms with Crippen LogP contribution in [0.4, 0.5) is 4.79 Å². The van der Waals surface area contributed by atoms with Gasteiger partial charge in [0.2, 0.25) is 11.8 Å². The first-order chi connectivity index (χ1) is 22.2. The molecule has 4 amide bonds. The van der Waals surface area contributed by atoms with Gasteiger partial charge < -0.3 is 39.3 Å². The minimum absolute atomic E-state index is 0.0773. The number of piperazine rings is 1. The number of benzene rings is 1. The third-order valence-corrected chi connectivity index (χ3v) is 7.91. The van der Waals surface area contributed by atoms with Crippen molar-refractivity contribution in [2.24, 2.45) is 0 Å². The van der Waals surface area contributed by atoms with Crippen molar-refractivity contribution < 1.29 is 48.1 Å². The summed E-state index contributed by atoms with van der Waals surface area (Å²) in [5.74, 6) is -1.88. The molecule has 16 heteroatoms. The number of ether oxygens (including phenoxy) is 3. The number of hydrogen-bond donors (Lipinski definition) is 3. The topological polar surface area (TPSA) is 189 Å². The summed E-state index contributed by atoms with van der Waals surface area (Å²) in [7, 11) is 1.51. The molecule has 2 aromatic rings. The van der Waals surface area contributed by atoms with Crippen LogP contribution in [0.15, 0.2) is 41.8 Å². The number of amides is 4. The molecule has 2 atom stereocenters. The molecule has 1 aromatic heterocycles. The largest absolute Gasteiger partial charge is 0.483 e. The van der Waals surface area contributed by atoms with Gasteiger partial charge in [0.15, 0.2) is 6.61 Å². The average Bonchev–Trinajstić information content (AvgIpc) is 3.66. The van der Waals surface area contributed by atoms with E-state index in [-0.39, 0.29) is 75.7 Å². The number of nitrogens with zero attached hydrogens (tertiary/aromatic N) is 4. The number of para-hydroxylation sites is 1. The number of pyridine rings is 1. The third kappa shape index (κ3) is 7.22. The molecule has 0 radical (unpaired) electrons. The van der Waals surface area contributed by atoms with Crippen LogP contribution in [0, 0.1) is 0 Å². The molecule has 0 spiro atoms. The highest BCUT2D eigenvalue weighted by Gasteiger charge is 2.39. The summed E-state index contributed by atoms with van der Waals surface area (Å²) in [6.07, 6.45) is -1.29. The second kappa shape index (κ2) is 14.3. The number of carbonyl (C=O) groups excluding carboxylic acids is 4. The van der Waals surface area contributed by atoms with Gasteiger partial charge >= 0.3 is 12.1 Å². The van der Waals surface area contributed by atoms with Gasteiger partial charge in [-0.25, -0.2) is 15.3 Å². The van der Waals surface area contributed by atoms with E-state index in [1.807, 2.05) is 0 Å². The lowest BCUT2D eigenvalue weighted by Crippen LogP contribution is -2.56. The number of aromatic nitrogens is 1. The first-order valence-electron chi connectivity index (χ1n) is 14.9. The van der Waals surface area contributed by atoms with E-state index in [0.717, 1.165) is 5.57 Å². The van der Waals surface area contributed by atoms with Gasteiger partial charge in [-0.3, -0.25) is 24.0 Å². The quantitative estimate of drug-likeness (QED) is 0.309. The Morgan fingerprint density at radius 3 is 2.57 bits per heavy atom. The van der Waals surface area contributed by atoms with Crippen molar-refractivity contribution in [1.29, 1.82) is 0 Å². The number of nitrogens with one attached hydrogen (secondary N) is 2. The van der Waals surface area contributed by atoms with E-state index in [4.69, 9.17) is 19.0 Å². The molecule has 3 aliphatic heterocycles. The van der Waals surface area contributed by atoms with Crippen LogP contribution in [0.5, 0.6) is 5.75 Å². The fraction of sp³-hybridized carbons (Fsp3) is 0.467. The maximum atomic E-state index is 13.5. The van der Waals surface area contributed by atoms with Gasteiger partial charge in [-0.1, -0.05) is 12.1 Å². The summed E-state index contributed by atoms with van der Waals surface area (Å²) >= 11 is 0. The zero-order valence-corrected chi connectivity index (χ0v) is 25.5. The smallest absolute Gasteiger partial charge is 0.409 e. The molecule has 1 unspecified atom stereocenters. The Kier molecular flexibility index (Phi) is 10.0. The fourth-order valence-corrected chi connectivity index (χ4v) is 5.47. The van der Waals surface area contributed by atoms with E-state index < -0.39 is 29.9 Å². The molecule has 4 heterocycles. The normalized spacial score (nSPS) is 18.1. The highest BCUT2D eigenvalue weighted by atomic mass is 16.7. The maximum absolute atomic E-state index is 13.5. The second-order valence-electron chi connectivity index (χ2n) is 10.8. The molecule has 0 saturated carbocycles. The van der Waals surface area contributed by atoms with Crippen molar-refractivity contribution in [2.45, 2.75) is 31.9 Å². The number of fused-ring (bicyclic) bond motifs is 2. The van der Waals surface area contributed by atoms with Crippen LogP contribution in [0.2, 0.25) is 0 Å². The summed E-state index contributed by atoms with van der Waals surface area (Å²) in [6, 6.07) is 7.16. The van der Waals surface area contributed by atoms with Crippen LogP contribution in [0.3, 0.4) is 0 Å². The van der Waals surface area contributed by atoms with Gasteiger partial charge in [-0.2, -0.15) is 0 Å². The van der Waals surface area contributed by atoms with Crippen molar-refractivity contribution in [3.63, 3.8) is 0 Å². The second-order valence-corrected chi connectivity index (χ2v) is 10.8. The van der Waals surface area contributed by atoms with Crippen molar-refractivity contribution >= 4 is 40.7 Å². The van der Waals surface area contributed by atoms with Crippen LogP contribution >= 0.6 is 0 Å². The summed E-state index contributed by atoms with van der Waals surface area (Å²) in [6.45, 7) is 3.13. The van der Waals surface area contributed by atoms with E-state index >= 15 is 0 Å². The van der Waals surface area contributed by atoms with E-state index in [2.05, 4.69) is 15.8 Å². The number of carboxylic acid groups (broad SMARTS) is 1. The fourth-order valence-electron chi connectivity index (χ4n) is 5.47. The number of aliphatic carboxylic acids is 1. The number of carbonyl (C=O) groups is 5. The van der Waals surface area contributed by atoms with E-state index in [0.29, 0.717) is 29.9 Å². The first kappa shape index (κ1) is 32.3. The molecule has 1 aromatic carbocycles. The lowest BCUT2D eigenvalue weighted by molar-refractivity contribution is -0.138. The predicted molar refractivity (Wildman–Crippen MR) is 159 cm³/mol. The zero-order valence-electron chi connectivity index (χ0n) is 25.5. The molecule has 5 rings (SSSR count). The molecule has 2 saturated heterocycles. The highest BCUT2D eigenvalue weighted by molar-refractivity contribution is 5.99. The Labute approximate surface area is 264 Å². The number of rotatable bonds is 11. The molecule has 0 aliphatic carbocycles. The van der Waals surface area contributed by atoms with E-state index in [1.54, 1.807) is 36.1 Å². The Bertz CT molecular complexity index is 1540. The molecule has 46 heavy (non-hydrogen) atoms. The standard InChI is InChI=1S/C30H36N6O10/c1-3-44-30(42)35-12-10-34(11-13-35)29(41)21(8-9-26(38)39)32-27(40)22-14-23(18-6-4-5-7-20(18)31-22)45-17-25(37)36-15-19-24(16-36)46-33-28(19)43-2/h4-7,14,21,24,33H,3,8-13,15-17H2,1-2H3,(H,32,40)(H,38,39)/t21?,24-/m1/s1. The third-order valence-electron chi connectivity index (χ3n) is 7.91. The monoisotopic (exact) mass is 640 g/mol. The molecule has 246 valence electrons. The molecular formula is C30H36N6O10. The van der Waals surface area contributed by atoms with E-state index in [1.165, 1.54) is 23.0 Å². The lowest BCUT2D eigenvalue weighted by atomic mass is 10.1. The summed E-state index contributed by atoms with van der Waals surface area (Å²) in [5.41, 5.74) is 3.87. The van der Waals surface area contributed by atoms with Gasteiger partial charge in [-0.05, 0) is 25.5 Å². The minimum Gasteiger partial charge on any atom is -0.483 e. The number of methoxy groups -OCH3 is 1. The van der Waals surface area contributed by atoms with Crippen molar-refractivity contribution in [2.75, 3.05) is 59.6 Å². The Morgan fingerprint density at radius 1 is 1.11 bits per heavy atom.